The molecule has 1 aliphatic rings. The predicted molar refractivity (Wildman–Crippen MR) is 49.9 cm³/mol. The highest BCUT2D eigenvalue weighted by molar-refractivity contribution is 5.51. The molecular weight excluding hydrogens is 188 g/mol. The second-order valence-corrected chi connectivity index (χ2v) is 3.55. The molecule has 2 rings (SSSR count). The molecule has 1 heterocycles. The lowest BCUT2D eigenvalue weighted by Gasteiger charge is -2.18. The lowest BCUT2D eigenvalue weighted by atomic mass is 10.3. The Bertz CT molecular complexity index is 341. The third-order valence-electron chi connectivity index (χ3n) is 2.36. The Hall–Kier alpha value is -1.32. The Morgan fingerprint density at radius 2 is 2.14 bits per heavy atom. The van der Waals surface area contributed by atoms with Gasteiger partial charge < -0.3 is 10.0 Å². The number of phenols is 1. The zero-order valence-corrected chi connectivity index (χ0v) is 7.58. The van der Waals surface area contributed by atoms with Gasteiger partial charge in [-0.05, 0) is 12.1 Å². The molecule has 0 saturated carbocycles. The first kappa shape index (κ1) is 9.24. The summed E-state index contributed by atoms with van der Waals surface area (Å²) < 4.78 is 25.8. The number of alkyl halides is 2. The van der Waals surface area contributed by atoms with Crippen LogP contribution in [-0.2, 0) is 0 Å². The number of hydrogen-bond acceptors (Lipinski definition) is 2. The van der Waals surface area contributed by atoms with E-state index in [0.29, 0.717) is 12.2 Å². The molecule has 0 unspecified atom stereocenters. The van der Waals surface area contributed by atoms with Crippen LogP contribution in [0.3, 0.4) is 0 Å². The van der Waals surface area contributed by atoms with E-state index >= 15 is 0 Å². The smallest absolute Gasteiger partial charge is 0.266 e. The van der Waals surface area contributed by atoms with Crippen molar-refractivity contribution in [2.75, 3.05) is 18.0 Å². The monoisotopic (exact) mass is 199 g/mol. The van der Waals surface area contributed by atoms with Crippen molar-refractivity contribution in [2.45, 2.75) is 12.3 Å². The summed E-state index contributed by atoms with van der Waals surface area (Å²) in [4.78, 5) is 1.58. The van der Waals surface area contributed by atoms with Gasteiger partial charge in [-0.25, -0.2) is 8.78 Å². The molecule has 0 radical (unpaired) electrons. The van der Waals surface area contributed by atoms with Crippen molar-refractivity contribution in [3.8, 4) is 5.75 Å². The van der Waals surface area contributed by atoms with Gasteiger partial charge in [-0.3, -0.25) is 0 Å². The van der Waals surface area contributed by atoms with Crippen molar-refractivity contribution in [1.29, 1.82) is 0 Å². The number of rotatable bonds is 1. The Labute approximate surface area is 80.8 Å². The Morgan fingerprint density at radius 1 is 1.36 bits per heavy atom. The van der Waals surface area contributed by atoms with Crippen LogP contribution in [0.15, 0.2) is 24.3 Å². The van der Waals surface area contributed by atoms with Gasteiger partial charge in [0.25, 0.3) is 5.92 Å². The van der Waals surface area contributed by atoms with Gasteiger partial charge in [-0.15, -0.1) is 0 Å². The van der Waals surface area contributed by atoms with Crippen LogP contribution < -0.4 is 4.90 Å². The number of benzene rings is 1. The summed E-state index contributed by atoms with van der Waals surface area (Å²) in [6.07, 6.45) is -0.108. The van der Waals surface area contributed by atoms with E-state index in [0.717, 1.165) is 0 Å². The fourth-order valence-corrected chi connectivity index (χ4v) is 1.65. The molecule has 1 aliphatic heterocycles. The zero-order chi connectivity index (χ0) is 10.2. The third-order valence-corrected chi connectivity index (χ3v) is 2.36. The fourth-order valence-electron chi connectivity index (χ4n) is 1.65. The quantitative estimate of drug-likeness (QED) is 0.749. The molecule has 1 saturated heterocycles. The number of nitrogens with zero attached hydrogens (tertiary/aromatic N) is 1. The van der Waals surface area contributed by atoms with Gasteiger partial charge in [0, 0.05) is 24.7 Å². The maximum absolute atomic E-state index is 12.9. The third kappa shape index (κ3) is 1.78. The maximum atomic E-state index is 12.9. The van der Waals surface area contributed by atoms with Gasteiger partial charge >= 0.3 is 0 Å². The van der Waals surface area contributed by atoms with Crippen LogP contribution in [0.1, 0.15) is 6.42 Å². The van der Waals surface area contributed by atoms with Gasteiger partial charge in [-0.1, -0.05) is 6.07 Å². The normalized spacial score (nSPS) is 20.0. The van der Waals surface area contributed by atoms with Crippen molar-refractivity contribution >= 4 is 5.69 Å². The van der Waals surface area contributed by atoms with Gasteiger partial charge in [-0.2, -0.15) is 0 Å². The molecule has 76 valence electrons. The average Bonchev–Trinajstić information content (AvgIpc) is 2.46. The fraction of sp³-hybridized carbons (Fsp3) is 0.400. The van der Waals surface area contributed by atoms with Crippen LogP contribution in [0.2, 0.25) is 0 Å². The van der Waals surface area contributed by atoms with Crippen LogP contribution in [-0.4, -0.2) is 24.1 Å². The standard InChI is InChI=1S/C10H11F2NO/c11-10(12)4-5-13(7-10)8-2-1-3-9(14)6-8/h1-3,6,14H,4-5,7H2. The maximum Gasteiger partial charge on any atom is 0.266 e. The molecule has 0 atom stereocenters. The van der Waals surface area contributed by atoms with Crippen LogP contribution in [0, 0.1) is 0 Å². The second kappa shape index (κ2) is 3.12. The molecule has 0 bridgehead atoms. The van der Waals surface area contributed by atoms with Gasteiger partial charge in [0.2, 0.25) is 0 Å². The van der Waals surface area contributed by atoms with E-state index < -0.39 is 5.92 Å². The zero-order valence-electron chi connectivity index (χ0n) is 7.58. The van der Waals surface area contributed by atoms with E-state index in [1.165, 1.54) is 12.1 Å². The van der Waals surface area contributed by atoms with Crippen LogP contribution in [0.4, 0.5) is 14.5 Å². The molecule has 0 aromatic heterocycles. The van der Waals surface area contributed by atoms with E-state index in [2.05, 4.69) is 0 Å². The summed E-state index contributed by atoms with van der Waals surface area (Å²) >= 11 is 0. The van der Waals surface area contributed by atoms with Crippen molar-refractivity contribution in [1.82, 2.24) is 0 Å². The number of anilines is 1. The summed E-state index contributed by atoms with van der Waals surface area (Å²) in [5, 5.41) is 9.19. The van der Waals surface area contributed by atoms with E-state index in [4.69, 9.17) is 0 Å². The SMILES string of the molecule is Oc1cccc(N2CCC(F)(F)C2)c1. The molecule has 1 N–H and O–H groups in total. The van der Waals surface area contributed by atoms with Gasteiger partial charge in [0.1, 0.15) is 5.75 Å². The lowest BCUT2D eigenvalue weighted by Crippen LogP contribution is -2.24. The molecule has 0 amide bonds. The average molecular weight is 199 g/mol. The molecule has 0 aliphatic carbocycles. The van der Waals surface area contributed by atoms with Crippen LogP contribution in [0.25, 0.3) is 0 Å². The van der Waals surface area contributed by atoms with E-state index in [-0.39, 0.29) is 18.7 Å². The van der Waals surface area contributed by atoms with E-state index in [1.807, 2.05) is 0 Å². The molecule has 4 heteroatoms. The highest BCUT2D eigenvalue weighted by atomic mass is 19.3. The highest BCUT2D eigenvalue weighted by Crippen LogP contribution is 2.31. The first-order chi connectivity index (χ1) is 6.57. The Balaban J connectivity index is 2.17. The summed E-state index contributed by atoms with van der Waals surface area (Å²) in [6.45, 7) is 0.0902. The summed E-state index contributed by atoms with van der Waals surface area (Å²) in [5.41, 5.74) is 0.655. The van der Waals surface area contributed by atoms with Crippen molar-refractivity contribution in [3.05, 3.63) is 24.3 Å². The van der Waals surface area contributed by atoms with Crippen molar-refractivity contribution in [2.24, 2.45) is 0 Å². The lowest BCUT2D eigenvalue weighted by molar-refractivity contribution is 0.0257. The minimum Gasteiger partial charge on any atom is -0.508 e. The molecule has 14 heavy (non-hydrogen) atoms. The first-order valence-corrected chi connectivity index (χ1v) is 4.49. The molecule has 1 aromatic carbocycles. The van der Waals surface area contributed by atoms with Crippen molar-refractivity contribution in [3.63, 3.8) is 0 Å². The first-order valence-electron chi connectivity index (χ1n) is 4.49. The summed E-state index contributed by atoms with van der Waals surface area (Å²) in [7, 11) is 0. The highest BCUT2D eigenvalue weighted by Gasteiger charge is 2.38. The second-order valence-electron chi connectivity index (χ2n) is 3.55. The van der Waals surface area contributed by atoms with E-state index in [9.17, 15) is 13.9 Å². The molecule has 1 aromatic rings. The van der Waals surface area contributed by atoms with Gasteiger partial charge in [0.15, 0.2) is 0 Å². The van der Waals surface area contributed by atoms with Crippen molar-refractivity contribution < 1.29 is 13.9 Å². The number of aromatic hydroxyl groups is 1. The Morgan fingerprint density at radius 3 is 2.71 bits per heavy atom. The molecule has 2 nitrogen and oxygen atoms in total. The Kier molecular flexibility index (Phi) is 2.06. The topological polar surface area (TPSA) is 23.5 Å². The molecular formula is C10H11F2NO. The largest absolute Gasteiger partial charge is 0.508 e. The number of halogens is 2. The van der Waals surface area contributed by atoms with Gasteiger partial charge in [0.05, 0.1) is 6.54 Å². The molecule has 1 fully saturated rings. The minimum absolute atomic E-state index is 0.108. The predicted octanol–water partition coefficient (Wildman–Crippen LogP) is 2.24. The summed E-state index contributed by atoms with van der Waals surface area (Å²) in [5.74, 6) is -2.48. The van der Waals surface area contributed by atoms with Crippen LogP contribution >= 0.6 is 0 Å². The summed E-state index contributed by atoms with van der Waals surface area (Å²) in [6, 6.07) is 6.40. The number of hydrogen-bond donors (Lipinski definition) is 1. The minimum atomic E-state index is -2.59. The number of phenolic OH excluding ortho intramolecular Hbond substituents is 1. The molecule has 0 spiro atoms. The van der Waals surface area contributed by atoms with Crippen LogP contribution in [0.5, 0.6) is 5.75 Å². The van der Waals surface area contributed by atoms with E-state index in [1.54, 1.807) is 17.0 Å².